The maximum absolute atomic E-state index is 9.37. The van der Waals surface area contributed by atoms with Crippen LogP contribution in [0.2, 0.25) is 0 Å². The van der Waals surface area contributed by atoms with Gasteiger partial charge in [-0.15, -0.1) is 0 Å². The van der Waals surface area contributed by atoms with Gasteiger partial charge in [-0.1, -0.05) is 33.6 Å². The molecule has 15 heavy (non-hydrogen) atoms. The highest BCUT2D eigenvalue weighted by Gasteiger charge is 2.51. The molecular formula is C14H26O. The Labute approximate surface area is 94.3 Å². The van der Waals surface area contributed by atoms with Crippen LogP contribution < -0.4 is 0 Å². The summed E-state index contributed by atoms with van der Waals surface area (Å²) in [7, 11) is 0. The zero-order chi connectivity index (χ0) is 11.1. The van der Waals surface area contributed by atoms with Crippen LogP contribution in [0, 0.1) is 29.1 Å². The first-order chi connectivity index (χ1) is 7.09. The number of hydrogen-bond acceptors (Lipinski definition) is 1. The van der Waals surface area contributed by atoms with E-state index in [1.54, 1.807) is 0 Å². The van der Waals surface area contributed by atoms with Gasteiger partial charge in [0.15, 0.2) is 0 Å². The molecule has 2 fully saturated rings. The lowest BCUT2D eigenvalue weighted by atomic mass is 9.60. The summed E-state index contributed by atoms with van der Waals surface area (Å²) in [6.07, 6.45) is 7.00. The SMILES string of the molecule is CC1CCC[C@@]2(C)C1CC[C@@H]2[C@H](C)CO. The molecule has 0 aromatic rings. The Morgan fingerprint density at radius 1 is 1.33 bits per heavy atom. The second kappa shape index (κ2) is 4.08. The summed E-state index contributed by atoms with van der Waals surface area (Å²) in [6, 6.07) is 0. The molecule has 2 aliphatic rings. The molecule has 0 heterocycles. The third kappa shape index (κ3) is 1.73. The number of aliphatic hydroxyl groups excluding tert-OH is 1. The van der Waals surface area contributed by atoms with Crippen LogP contribution in [-0.4, -0.2) is 11.7 Å². The molecule has 2 unspecified atom stereocenters. The first-order valence-electron chi connectivity index (χ1n) is 6.70. The first kappa shape index (κ1) is 11.4. The number of rotatable bonds is 2. The lowest BCUT2D eigenvalue weighted by Crippen LogP contribution is -2.38. The number of fused-ring (bicyclic) bond motifs is 1. The molecule has 5 atom stereocenters. The second-order valence-electron chi connectivity index (χ2n) is 6.33. The van der Waals surface area contributed by atoms with Crippen molar-refractivity contribution in [3.63, 3.8) is 0 Å². The van der Waals surface area contributed by atoms with Crippen molar-refractivity contribution >= 4 is 0 Å². The van der Waals surface area contributed by atoms with E-state index in [0.717, 1.165) is 17.8 Å². The molecule has 0 aliphatic heterocycles. The minimum atomic E-state index is 0.376. The van der Waals surface area contributed by atoms with Crippen molar-refractivity contribution in [1.29, 1.82) is 0 Å². The van der Waals surface area contributed by atoms with Crippen LogP contribution in [-0.2, 0) is 0 Å². The van der Waals surface area contributed by atoms with Crippen molar-refractivity contribution < 1.29 is 5.11 Å². The fraction of sp³-hybridized carbons (Fsp3) is 1.00. The lowest BCUT2D eigenvalue weighted by Gasteiger charge is -2.45. The van der Waals surface area contributed by atoms with Crippen molar-refractivity contribution in [3.05, 3.63) is 0 Å². The van der Waals surface area contributed by atoms with Crippen LogP contribution in [0.5, 0.6) is 0 Å². The number of aliphatic hydroxyl groups is 1. The molecule has 2 rings (SSSR count). The maximum atomic E-state index is 9.37. The summed E-state index contributed by atoms with van der Waals surface area (Å²) in [6.45, 7) is 7.55. The van der Waals surface area contributed by atoms with Crippen molar-refractivity contribution in [1.82, 2.24) is 0 Å². The predicted molar refractivity (Wildman–Crippen MR) is 63.6 cm³/mol. The molecule has 88 valence electrons. The Morgan fingerprint density at radius 3 is 2.73 bits per heavy atom. The highest BCUT2D eigenvalue weighted by atomic mass is 16.3. The second-order valence-corrected chi connectivity index (χ2v) is 6.33. The minimum absolute atomic E-state index is 0.376. The molecule has 1 nitrogen and oxygen atoms in total. The number of hydrogen-bond donors (Lipinski definition) is 1. The van der Waals surface area contributed by atoms with Gasteiger partial charge in [-0.3, -0.25) is 0 Å². The van der Waals surface area contributed by atoms with E-state index in [1.165, 1.54) is 32.1 Å². The van der Waals surface area contributed by atoms with Gasteiger partial charge in [-0.25, -0.2) is 0 Å². The van der Waals surface area contributed by atoms with Crippen LogP contribution in [0.3, 0.4) is 0 Å². The van der Waals surface area contributed by atoms with Crippen LogP contribution in [0.1, 0.15) is 52.9 Å². The highest BCUT2D eigenvalue weighted by Crippen LogP contribution is 2.59. The summed E-state index contributed by atoms with van der Waals surface area (Å²) in [4.78, 5) is 0. The third-order valence-electron chi connectivity index (χ3n) is 5.52. The Morgan fingerprint density at radius 2 is 2.07 bits per heavy atom. The molecular weight excluding hydrogens is 184 g/mol. The van der Waals surface area contributed by atoms with E-state index in [2.05, 4.69) is 20.8 Å². The van der Waals surface area contributed by atoms with Crippen molar-refractivity contribution in [2.75, 3.05) is 6.61 Å². The van der Waals surface area contributed by atoms with Crippen molar-refractivity contribution in [2.45, 2.75) is 52.9 Å². The van der Waals surface area contributed by atoms with Gasteiger partial charge in [-0.05, 0) is 48.3 Å². The molecule has 0 aromatic heterocycles. The van der Waals surface area contributed by atoms with Gasteiger partial charge in [0, 0.05) is 6.61 Å². The summed E-state index contributed by atoms with van der Waals surface area (Å²) >= 11 is 0. The molecule has 0 spiro atoms. The van der Waals surface area contributed by atoms with E-state index in [4.69, 9.17) is 0 Å². The van der Waals surface area contributed by atoms with E-state index in [0.29, 0.717) is 17.9 Å². The van der Waals surface area contributed by atoms with Gasteiger partial charge >= 0.3 is 0 Å². The van der Waals surface area contributed by atoms with Gasteiger partial charge in [0.05, 0.1) is 0 Å². The smallest absolute Gasteiger partial charge is 0.0459 e. The molecule has 0 saturated heterocycles. The molecule has 0 aromatic carbocycles. The van der Waals surface area contributed by atoms with Gasteiger partial charge in [-0.2, -0.15) is 0 Å². The van der Waals surface area contributed by atoms with E-state index in [1.807, 2.05) is 0 Å². The fourth-order valence-corrected chi connectivity index (χ4v) is 4.67. The van der Waals surface area contributed by atoms with Crippen LogP contribution in [0.15, 0.2) is 0 Å². The van der Waals surface area contributed by atoms with E-state index >= 15 is 0 Å². The molecule has 1 heteroatoms. The molecule has 0 amide bonds. The van der Waals surface area contributed by atoms with E-state index in [-0.39, 0.29) is 0 Å². The predicted octanol–water partition coefficient (Wildman–Crippen LogP) is 3.47. The Kier molecular flexibility index (Phi) is 3.12. The minimum Gasteiger partial charge on any atom is -0.396 e. The molecule has 2 aliphatic carbocycles. The monoisotopic (exact) mass is 210 g/mol. The van der Waals surface area contributed by atoms with Gasteiger partial charge in [0.25, 0.3) is 0 Å². The molecule has 1 N–H and O–H groups in total. The Hall–Kier alpha value is -0.0400. The summed E-state index contributed by atoms with van der Waals surface area (Å²) < 4.78 is 0. The quantitative estimate of drug-likeness (QED) is 0.740. The highest BCUT2D eigenvalue weighted by molar-refractivity contribution is 5.00. The van der Waals surface area contributed by atoms with Crippen molar-refractivity contribution in [2.24, 2.45) is 29.1 Å². The summed E-state index contributed by atoms with van der Waals surface area (Å²) in [5.74, 6) is 3.13. The molecule has 0 radical (unpaired) electrons. The topological polar surface area (TPSA) is 20.2 Å². The molecule has 0 bridgehead atoms. The first-order valence-corrected chi connectivity index (χ1v) is 6.70. The van der Waals surface area contributed by atoms with Crippen LogP contribution in [0.25, 0.3) is 0 Å². The zero-order valence-electron chi connectivity index (χ0n) is 10.5. The largest absolute Gasteiger partial charge is 0.396 e. The van der Waals surface area contributed by atoms with Gasteiger partial charge < -0.3 is 5.11 Å². The van der Waals surface area contributed by atoms with Gasteiger partial charge in [0.1, 0.15) is 0 Å². The third-order valence-corrected chi connectivity index (χ3v) is 5.52. The average molecular weight is 210 g/mol. The van der Waals surface area contributed by atoms with Crippen molar-refractivity contribution in [3.8, 4) is 0 Å². The average Bonchev–Trinajstić information content (AvgIpc) is 2.56. The molecule has 2 saturated carbocycles. The Bertz CT molecular complexity index is 225. The van der Waals surface area contributed by atoms with E-state index in [9.17, 15) is 5.11 Å². The van der Waals surface area contributed by atoms with E-state index < -0.39 is 0 Å². The normalized spacial score (nSPS) is 47.6. The van der Waals surface area contributed by atoms with Crippen LogP contribution >= 0.6 is 0 Å². The maximum Gasteiger partial charge on any atom is 0.0459 e. The standard InChI is InChI=1S/C14H26O/c1-10-5-4-8-14(3)12(10)6-7-13(14)11(2)9-15/h10-13,15H,4-9H2,1-3H3/t10?,11-,12?,13-,14+/m1/s1. The fourth-order valence-electron chi connectivity index (χ4n) is 4.67. The lowest BCUT2D eigenvalue weighted by molar-refractivity contribution is 0.0229. The summed E-state index contributed by atoms with van der Waals surface area (Å²) in [5.41, 5.74) is 0.541. The van der Waals surface area contributed by atoms with Crippen LogP contribution in [0.4, 0.5) is 0 Å². The zero-order valence-corrected chi connectivity index (χ0v) is 10.5. The summed E-state index contributed by atoms with van der Waals surface area (Å²) in [5, 5.41) is 9.37. The van der Waals surface area contributed by atoms with Gasteiger partial charge in [0.2, 0.25) is 0 Å². The Balaban J connectivity index is 2.17.